The quantitative estimate of drug-likeness (QED) is 0.923. The Balaban J connectivity index is 1.79. The van der Waals surface area contributed by atoms with Gasteiger partial charge in [0.2, 0.25) is 0 Å². The van der Waals surface area contributed by atoms with Gasteiger partial charge in [-0.2, -0.15) is 0 Å². The third kappa shape index (κ3) is 2.96. The molecule has 21 heavy (non-hydrogen) atoms. The Hall–Kier alpha value is -1.80. The predicted molar refractivity (Wildman–Crippen MR) is 89.5 cm³/mol. The van der Waals surface area contributed by atoms with E-state index in [2.05, 4.69) is 61.2 Å². The van der Waals surface area contributed by atoms with Crippen LogP contribution in [0.5, 0.6) is 0 Å². The van der Waals surface area contributed by atoms with Crippen molar-refractivity contribution in [3.05, 3.63) is 64.7 Å². The maximum absolute atomic E-state index is 6.06. The van der Waals surface area contributed by atoms with Gasteiger partial charge in [-0.15, -0.1) is 0 Å². The first-order chi connectivity index (χ1) is 10.2. The van der Waals surface area contributed by atoms with Crippen molar-refractivity contribution in [2.75, 3.05) is 4.90 Å². The van der Waals surface area contributed by atoms with E-state index in [1.54, 1.807) is 0 Å². The molecule has 0 bridgehead atoms. The molecule has 1 aliphatic rings. The van der Waals surface area contributed by atoms with Crippen LogP contribution in [0.25, 0.3) is 0 Å². The van der Waals surface area contributed by atoms with Crippen LogP contribution >= 0.6 is 0 Å². The fourth-order valence-corrected chi connectivity index (χ4v) is 3.15. The van der Waals surface area contributed by atoms with Crippen LogP contribution in [0.2, 0.25) is 0 Å². The number of aryl methyl sites for hydroxylation is 1. The summed E-state index contributed by atoms with van der Waals surface area (Å²) in [5, 5.41) is 0. The molecule has 1 heterocycles. The highest BCUT2D eigenvalue weighted by atomic mass is 15.1. The smallest absolute Gasteiger partial charge is 0.0436 e. The number of hydrogen-bond donors (Lipinski definition) is 1. The highest BCUT2D eigenvalue weighted by molar-refractivity contribution is 5.57. The summed E-state index contributed by atoms with van der Waals surface area (Å²) in [6.07, 6.45) is 2.00. The van der Waals surface area contributed by atoms with Crippen LogP contribution in [0.4, 0.5) is 5.69 Å². The van der Waals surface area contributed by atoms with Crippen LogP contribution < -0.4 is 10.6 Å². The Bertz CT molecular complexity index is 608. The second-order valence-electron chi connectivity index (χ2n) is 6.12. The van der Waals surface area contributed by atoms with Crippen molar-refractivity contribution in [2.24, 2.45) is 5.73 Å². The van der Waals surface area contributed by atoms with Gasteiger partial charge in [0.15, 0.2) is 0 Å². The van der Waals surface area contributed by atoms with Crippen LogP contribution in [0, 0.1) is 6.92 Å². The van der Waals surface area contributed by atoms with Crippen molar-refractivity contribution in [3.8, 4) is 0 Å². The van der Waals surface area contributed by atoms with Crippen LogP contribution in [0.15, 0.2) is 42.5 Å². The van der Waals surface area contributed by atoms with E-state index in [9.17, 15) is 0 Å². The lowest BCUT2D eigenvalue weighted by Gasteiger charge is -2.21. The monoisotopic (exact) mass is 280 g/mol. The zero-order valence-corrected chi connectivity index (χ0v) is 13.0. The average molecular weight is 280 g/mol. The van der Waals surface area contributed by atoms with Gasteiger partial charge in [0, 0.05) is 24.8 Å². The number of benzene rings is 2. The minimum absolute atomic E-state index is 0.270. The molecule has 3 rings (SSSR count). The molecular formula is C19H24N2. The lowest BCUT2D eigenvalue weighted by atomic mass is 10.0. The second-order valence-corrected chi connectivity index (χ2v) is 6.12. The van der Waals surface area contributed by atoms with Gasteiger partial charge in [0.25, 0.3) is 0 Å². The lowest BCUT2D eigenvalue weighted by molar-refractivity contribution is 0.646. The number of nitrogens with two attached hydrogens (primary N) is 1. The standard InChI is InChI=1S/C19H24N2/c1-3-18(20)11-15-8-9-19(14(2)10-15)21-12-16-6-4-5-7-17(16)13-21/h4-10,18H,3,11-13,20H2,1-2H3. The summed E-state index contributed by atoms with van der Waals surface area (Å²) in [5.74, 6) is 0. The van der Waals surface area contributed by atoms with Gasteiger partial charge in [-0.25, -0.2) is 0 Å². The topological polar surface area (TPSA) is 29.3 Å². The molecule has 0 saturated carbocycles. The number of fused-ring (bicyclic) bond motifs is 1. The van der Waals surface area contributed by atoms with Crippen molar-refractivity contribution in [2.45, 2.75) is 45.8 Å². The van der Waals surface area contributed by atoms with Gasteiger partial charge in [0.1, 0.15) is 0 Å². The Morgan fingerprint density at radius 2 is 1.76 bits per heavy atom. The minimum atomic E-state index is 0.270. The summed E-state index contributed by atoms with van der Waals surface area (Å²) in [4.78, 5) is 2.46. The molecule has 2 heteroatoms. The molecule has 1 aliphatic heterocycles. The molecule has 0 radical (unpaired) electrons. The first kappa shape index (κ1) is 14.2. The third-order valence-electron chi connectivity index (χ3n) is 4.46. The molecule has 1 unspecified atom stereocenters. The summed E-state index contributed by atoms with van der Waals surface area (Å²) in [7, 11) is 0. The Labute approximate surface area is 127 Å². The van der Waals surface area contributed by atoms with Gasteiger partial charge in [-0.05, 0) is 48.1 Å². The van der Waals surface area contributed by atoms with Crippen molar-refractivity contribution in [1.29, 1.82) is 0 Å². The SMILES string of the molecule is CCC(N)Cc1ccc(N2Cc3ccccc3C2)c(C)c1. The highest BCUT2D eigenvalue weighted by Gasteiger charge is 2.19. The molecule has 0 saturated heterocycles. The van der Waals surface area contributed by atoms with Gasteiger partial charge >= 0.3 is 0 Å². The number of hydrogen-bond acceptors (Lipinski definition) is 2. The van der Waals surface area contributed by atoms with Gasteiger partial charge in [-0.3, -0.25) is 0 Å². The van der Waals surface area contributed by atoms with Crippen LogP contribution in [-0.4, -0.2) is 6.04 Å². The minimum Gasteiger partial charge on any atom is -0.363 e. The molecule has 110 valence electrons. The molecule has 1 atom stereocenters. The van der Waals surface area contributed by atoms with E-state index < -0.39 is 0 Å². The number of nitrogens with zero attached hydrogens (tertiary/aromatic N) is 1. The van der Waals surface area contributed by atoms with Gasteiger partial charge < -0.3 is 10.6 Å². The Kier molecular flexibility index (Phi) is 3.98. The highest BCUT2D eigenvalue weighted by Crippen LogP contribution is 2.30. The molecule has 0 aromatic heterocycles. The molecule has 0 aliphatic carbocycles. The van der Waals surface area contributed by atoms with Crippen LogP contribution in [0.1, 0.15) is 35.6 Å². The van der Waals surface area contributed by atoms with E-state index in [4.69, 9.17) is 5.73 Å². The fourth-order valence-electron chi connectivity index (χ4n) is 3.15. The largest absolute Gasteiger partial charge is 0.363 e. The molecule has 2 aromatic carbocycles. The lowest BCUT2D eigenvalue weighted by Crippen LogP contribution is -2.21. The number of rotatable bonds is 4. The van der Waals surface area contributed by atoms with Gasteiger partial charge in [-0.1, -0.05) is 43.3 Å². The summed E-state index contributed by atoms with van der Waals surface area (Å²) in [6, 6.07) is 15.8. The average Bonchev–Trinajstić information content (AvgIpc) is 2.90. The normalized spacial score (nSPS) is 15.1. The van der Waals surface area contributed by atoms with E-state index >= 15 is 0 Å². The molecule has 0 spiro atoms. The molecule has 0 fully saturated rings. The first-order valence-electron chi connectivity index (χ1n) is 7.84. The van der Waals surface area contributed by atoms with Crippen molar-refractivity contribution >= 4 is 5.69 Å². The first-order valence-corrected chi connectivity index (χ1v) is 7.84. The number of anilines is 1. The van der Waals surface area contributed by atoms with Crippen molar-refractivity contribution in [1.82, 2.24) is 0 Å². The Morgan fingerprint density at radius 1 is 1.10 bits per heavy atom. The molecule has 2 N–H and O–H groups in total. The van der Waals surface area contributed by atoms with Crippen LogP contribution in [0.3, 0.4) is 0 Å². The Morgan fingerprint density at radius 3 is 2.33 bits per heavy atom. The van der Waals surface area contributed by atoms with E-state index in [1.807, 2.05) is 0 Å². The van der Waals surface area contributed by atoms with Crippen LogP contribution in [-0.2, 0) is 19.5 Å². The van der Waals surface area contributed by atoms with E-state index in [0.29, 0.717) is 0 Å². The van der Waals surface area contributed by atoms with E-state index in [-0.39, 0.29) is 6.04 Å². The third-order valence-corrected chi connectivity index (χ3v) is 4.46. The summed E-state index contributed by atoms with van der Waals surface area (Å²) in [5.41, 5.74) is 13.0. The molecule has 2 nitrogen and oxygen atoms in total. The van der Waals surface area contributed by atoms with Gasteiger partial charge in [0.05, 0.1) is 0 Å². The molecule has 0 amide bonds. The zero-order chi connectivity index (χ0) is 14.8. The van der Waals surface area contributed by atoms with E-state index in [1.165, 1.54) is 27.9 Å². The predicted octanol–water partition coefficient (Wildman–Crippen LogP) is 3.80. The molecule has 2 aromatic rings. The van der Waals surface area contributed by atoms with Crippen molar-refractivity contribution < 1.29 is 0 Å². The van der Waals surface area contributed by atoms with Crippen molar-refractivity contribution in [3.63, 3.8) is 0 Å². The van der Waals surface area contributed by atoms with E-state index in [0.717, 1.165) is 25.9 Å². The zero-order valence-electron chi connectivity index (χ0n) is 13.0. The molecular weight excluding hydrogens is 256 g/mol. The maximum Gasteiger partial charge on any atom is 0.0436 e. The second kappa shape index (κ2) is 5.90. The summed E-state index contributed by atoms with van der Waals surface area (Å²) < 4.78 is 0. The maximum atomic E-state index is 6.06. The summed E-state index contributed by atoms with van der Waals surface area (Å²) >= 11 is 0. The summed E-state index contributed by atoms with van der Waals surface area (Å²) in [6.45, 7) is 6.39. The fraction of sp³-hybridized carbons (Fsp3) is 0.368.